The van der Waals surface area contributed by atoms with Crippen LogP contribution in [0.2, 0.25) is 0 Å². The Morgan fingerprint density at radius 1 is 0.345 bits per heavy atom. The molecule has 6 aromatic heterocycles. The minimum absolute atomic E-state index is 0. The first-order valence-corrected chi connectivity index (χ1v) is 14.9. The molecule has 0 atom stereocenters. The van der Waals surface area contributed by atoms with Crippen molar-refractivity contribution in [3.8, 4) is 34.2 Å². The molecule has 0 aliphatic heterocycles. The number of nitrogens with zero attached hydrogens (tertiary/aromatic N) is 6. The second-order valence-corrected chi connectivity index (χ2v) is 10.4. The van der Waals surface area contributed by atoms with Crippen LogP contribution in [-0.2, 0) is 19.5 Å². The summed E-state index contributed by atoms with van der Waals surface area (Å²) in [6.45, 7) is 0. The molecule has 6 heterocycles. The topological polar surface area (TPSA) is 307 Å². The van der Waals surface area contributed by atoms with Crippen LogP contribution in [0.15, 0.2) is 110 Å². The average molecular weight is 832 g/mol. The number of rotatable bonds is 9. The molecule has 0 unspecified atom stereocenters. The summed E-state index contributed by atoms with van der Waals surface area (Å²) >= 11 is 0. The van der Waals surface area contributed by atoms with Crippen LogP contribution < -0.4 is 10.2 Å². The zero-order valence-corrected chi connectivity index (χ0v) is 29.2. The number of aromatic carboxylic acids is 6. The number of carboxylic acids is 6. The van der Waals surface area contributed by atoms with Gasteiger partial charge >= 0.3 is 43.4 Å². The van der Waals surface area contributed by atoms with Gasteiger partial charge in [-0.1, -0.05) is 0 Å². The Kier molecular flexibility index (Phi) is 14.6. The first-order chi connectivity index (χ1) is 25.7. The van der Waals surface area contributed by atoms with Gasteiger partial charge in [-0.05, 0) is 72.8 Å². The van der Waals surface area contributed by atoms with E-state index in [1.54, 1.807) is 0 Å². The van der Waals surface area contributed by atoms with Crippen molar-refractivity contribution in [1.29, 1.82) is 0 Å². The summed E-state index contributed by atoms with van der Waals surface area (Å²) in [5.74, 6) is -6.98. The van der Waals surface area contributed by atoms with E-state index in [2.05, 4.69) is 29.9 Å². The molecule has 19 heteroatoms. The summed E-state index contributed by atoms with van der Waals surface area (Å²) in [7, 11) is 0. The fourth-order valence-electron chi connectivity index (χ4n) is 4.21. The Balaban J connectivity index is 0.000000220. The van der Waals surface area contributed by atoms with Crippen LogP contribution >= 0.6 is 0 Å². The third-order valence-corrected chi connectivity index (χ3v) is 6.81. The summed E-state index contributed by atoms with van der Waals surface area (Å²) in [6.07, 6.45) is 7.94. The number of carbonyl (C=O) groups excluding carboxylic acids is 2. The van der Waals surface area contributed by atoms with E-state index < -0.39 is 35.8 Å². The van der Waals surface area contributed by atoms with Crippen molar-refractivity contribution in [2.45, 2.75) is 0 Å². The maximum absolute atomic E-state index is 10.8. The molecule has 0 radical (unpaired) electrons. The molecule has 6 aromatic rings. The molecule has 0 spiro atoms. The van der Waals surface area contributed by atoms with Gasteiger partial charge < -0.3 is 40.2 Å². The fourth-order valence-corrected chi connectivity index (χ4v) is 4.21. The molecule has 0 saturated heterocycles. The van der Waals surface area contributed by atoms with E-state index in [0.29, 0.717) is 22.8 Å². The third-order valence-electron chi connectivity index (χ3n) is 6.81. The number of pyridine rings is 6. The second-order valence-electron chi connectivity index (χ2n) is 10.4. The second kappa shape index (κ2) is 19.3. The Bertz CT molecular complexity index is 1980. The van der Waals surface area contributed by atoms with Gasteiger partial charge in [-0.2, -0.15) is 0 Å². The standard InChI is InChI=1S/3C12H8N2O4.Ru/c3*15-11(16)7-1-3-13-9(5-7)10-6-8(12(17)18)2-4-14-10;/h3*1-6H,(H,15,16)(H,17,18);/q;;;+2/p-2. The van der Waals surface area contributed by atoms with E-state index in [1.807, 2.05) is 0 Å². The molecule has 276 valence electrons. The number of aromatic nitrogens is 6. The van der Waals surface area contributed by atoms with Gasteiger partial charge in [0.25, 0.3) is 0 Å². The van der Waals surface area contributed by atoms with Crippen molar-refractivity contribution in [3.63, 3.8) is 0 Å². The van der Waals surface area contributed by atoms with Gasteiger partial charge in [-0.3, -0.25) is 29.9 Å². The SMILES string of the molecule is O=C(O)c1ccnc(-c2cc(C(=O)O)ccn2)c1.O=C(O)c1ccnc(-c2cc(C(=O)O)ccn2)c1.O=C([O-])c1ccnc(-c2cc(C(=O)[O-])ccn2)c1.[Ru+2]. The molecular formula is C36H22N6O12Ru. The number of carboxylic acid groups (broad SMARTS) is 6. The van der Waals surface area contributed by atoms with Crippen LogP contribution in [0.3, 0.4) is 0 Å². The van der Waals surface area contributed by atoms with E-state index in [4.69, 9.17) is 20.4 Å². The van der Waals surface area contributed by atoms with Gasteiger partial charge in [0.05, 0.1) is 68.4 Å². The number of hydrogen-bond acceptors (Lipinski definition) is 14. The Hall–Kier alpha value is -7.66. The van der Waals surface area contributed by atoms with Crippen LogP contribution in [0.25, 0.3) is 34.2 Å². The van der Waals surface area contributed by atoms with Crippen LogP contribution in [0, 0.1) is 0 Å². The van der Waals surface area contributed by atoms with Gasteiger partial charge in [0.15, 0.2) is 0 Å². The molecule has 4 N–H and O–H groups in total. The largest absolute Gasteiger partial charge is 2.00 e. The quantitative estimate of drug-likeness (QED) is 0.151. The monoisotopic (exact) mass is 832 g/mol. The van der Waals surface area contributed by atoms with E-state index in [9.17, 15) is 39.0 Å². The summed E-state index contributed by atoms with van der Waals surface area (Å²) in [5, 5.41) is 56.8. The summed E-state index contributed by atoms with van der Waals surface area (Å²) in [5.41, 5.74) is 1.95. The van der Waals surface area contributed by atoms with Gasteiger partial charge in [0.1, 0.15) is 0 Å². The van der Waals surface area contributed by atoms with Gasteiger partial charge in [0.2, 0.25) is 0 Å². The molecule has 0 bridgehead atoms. The predicted octanol–water partition coefficient (Wildman–Crippen LogP) is 1.95. The zero-order chi connectivity index (χ0) is 39.4. The molecule has 0 amide bonds. The first-order valence-electron chi connectivity index (χ1n) is 14.9. The third kappa shape index (κ3) is 11.7. The summed E-state index contributed by atoms with van der Waals surface area (Å²) < 4.78 is 0. The fraction of sp³-hybridized carbons (Fsp3) is 0. The molecule has 18 nitrogen and oxygen atoms in total. The normalized spacial score (nSPS) is 9.82. The molecule has 0 aromatic carbocycles. The van der Waals surface area contributed by atoms with Crippen molar-refractivity contribution < 1.29 is 78.9 Å². The summed E-state index contributed by atoms with van der Waals surface area (Å²) in [6, 6.07) is 15.9. The maximum atomic E-state index is 10.8. The van der Waals surface area contributed by atoms with Crippen molar-refractivity contribution >= 4 is 35.8 Å². The smallest absolute Gasteiger partial charge is 0.545 e. The van der Waals surface area contributed by atoms with Crippen molar-refractivity contribution in [1.82, 2.24) is 29.9 Å². The Morgan fingerprint density at radius 2 is 0.509 bits per heavy atom. The van der Waals surface area contributed by atoms with Crippen molar-refractivity contribution in [2.75, 3.05) is 0 Å². The summed E-state index contributed by atoms with van der Waals surface area (Å²) in [4.78, 5) is 88.4. The van der Waals surface area contributed by atoms with Gasteiger partial charge in [-0.15, -0.1) is 0 Å². The number of hydrogen-bond donors (Lipinski definition) is 4. The van der Waals surface area contributed by atoms with Crippen LogP contribution in [0.1, 0.15) is 62.1 Å². The molecule has 6 rings (SSSR count). The van der Waals surface area contributed by atoms with E-state index in [0.717, 1.165) is 0 Å². The predicted molar refractivity (Wildman–Crippen MR) is 179 cm³/mol. The van der Waals surface area contributed by atoms with Gasteiger partial charge in [0, 0.05) is 48.3 Å². The molecule has 0 saturated carbocycles. The van der Waals surface area contributed by atoms with E-state index in [1.165, 1.54) is 110 Å². The Morgan fingerprint density at radius 3 is 0.673 bits per heavy atom. The van der Waals surface area contributed by atoms with E-state index >= 15 is 0 Å². The number of carbonyl (C=O) groups is 6. The first kappa shape index (κ1) is 41.8. The van der Waals surface area contributed by atoms with E-state index in [-0.39, 0.29) is 64.2 Å². The van der Waals surface area contributed by atoms with Crippen molar-refractivity contribution in [2.24, 2.45) is 0 Å². The Labute approximate surface area is 321 Å². The molecule has 55 heavy (non-hydrogen) atoms. The molecule has 0 aliphatic rings. The molecule has 0 aliphatic carbocycles. The minimum atomic E-state index is -1.34. The van der Waals surface area contributed by atoms with Crippen LogP contribution in [0.5, 0.6) is 0 Å². The van der Waals surface area contributed by atoms with Gasteiger partial charge in [-0.25, -0.2) is 19.2 Å². The molecular weight excluding hydrogens is 809 g/mol. The zero-order valence-electron chi connectivity index (χ0n) is 27.5. The molecule has 0 fully saturated rings. The van der Waals surface area contributed by atoms with Crippen molar-refractivity contribution in [3.05, 3.63) is 143 Å². The van der Waals surface area contributed by atoms with Crippen LogP contribution in [-0.4, -0.2) is 86.1 Å². The minimum Gasteiger partial charge on any atom is -0.545 e. The maximum Gasteiger partial charge on any atom is 2.00 e. The van der Waals surface area contributed by atoms with Crippen LogP contribution in [0.4, 0.5) is 0 Å². The average Bonchev–Trinajstić information content (AvgIpc) is 3.18.